The second-order valence-electron chi connectivity index (χ2n) is 32.1. The maximum absolute atomic E-state index is 12.3. The van der Waals surface area contributed by atoms with Crippen molar-refractivity contribution >= 4 is 170 Å². The molecule has 5 aliphatic rings. The predicted octanol–water partition coefficient (Wildman–Crippen LogP) is 13.6. The minimum Gasteiger partial charge on any atom is -0.493 e. The first kappa shape index (κ1) is 98.4. The molecule has 5 fully saturated rings. The SMILES string of the molecule is COc1cc(-n2cnc(Nc3nc(Cl)nc4sc(CCl)cc34)c2)cc(OC)c1OC.COc1cc(-n2cnc(Nc3nc(Cl)nc4sc(CN5CCN(c6ccccn6)CC5)cc34)c2)cc(OC)c1OC.COc1cc(-n2cnc(Nc3nc(N4CCC[C@H]4C(N)=O)nc4sc(CN5CCN(c6ccccn6)CC5)cc34)c2)cc(OC)c1OC.NC(=O)[C@@H]1CCCN1.c1ccc(N2CCNCC2)nc1. The molecule has 0 saturated carbocycles. The highest BCUT2D eigenvalue weighted by Crippen LogP contribution is 2.45. The Kier molecular flexibility index (Phi) is 33.0. The summed E-state index contributed by atoms with van der Waals surface area (Å²) in [5.41, 5.74) is 13.1. The topological polar surface area (TPSA) is 418 Å². The number of imidazole rings is 3. The van der Waals surface area contributed by atoms with Crippen LogP contribution in [0.3, 0.4) is 0 Å². The molecule has 0 radical (unpaired) electrons. The van der Waals surface area contributed by atoms with E-state index < -0.39 is 6.04 Å². The number of anilines is 10. The predicted molar refractivity (Wildman–Crippen MR) is 544 cm³/mol. The van der Waals surface area contributed by atoms with Gasteiger partial charge < -0.3 is 114 Å². The summed E-state index contributed by atoms with van der Waals surface area (Å²) in [5, 5.41) is 19.2. The molecule has 2 amide bonds. The number of halogens is 3. The van der Waals surface area contributed by atoms with E-state index in [-0.39, 0.29) is 28.4 Å². The van der Waals surface area contributed by atoms with Gasteiger partial charge in [-0.2, -0.15) is 15.0 Å². The lowest BCUT2D eigenvalue weighted by Gasteiger charge is -2.35. The first-order chi connectivity index (χ1) is 67.8. The Morgan fingerprint density at radius 2 is 0.791 bits per heavy atom. The molecule has 0 aliphatic carbocycles. The van der Waals surface area contributed by atoms with E-state index in [1.807, 2.05) is 135 Å². The highest BCUT2D eigenvalue weighted by Gasteiger charge is 2.33. The molecule has 139 heavy (non-hydrogen) atoms. The van der Waals surface area contributed by atoms with E-state index in [4.69, 9.17) is 98.9 Å². The molecule has 12 aromatic heterocycles. The van der Waals surface area contributed by atoms with Crippen molar-refractivity contribution in [1.29, 1.82) is 0 Å². The molecule has 39 nitrogen and oxygen atoms in total. The zero-order valence-electron chi connectivity index (χ0n) is 78.0. The number of hydrogen-bond acceptors (Lipinski definition) is 37. The number of alkyl halides is 1. The van der Waals surface area contributed by atoms with Crippen molar-refractivity contribution in [3.63, 3.8) is 0 Å². The number of hydrogen-bond donors (Lipinski definition) is 7. The van der Waals surface area contributed by atoms with Crippen LogP contribution in [-0.4, -0.2) is 263 Å². The highest BCUT2D eigenvalue weighted by molar-refractivity contribution is 7.19. The van der Waals surface area contributed by atoms with E-state index in [1.165, 1.54) is 21.1 Å². The van der Waals surface area contributed by atoms with Crippen LogP contribution in [0.25, 0.3) is 47.7 Å². The van der Waals surface area contributed by atoms with Gasteiger partial charge in [-0.15, -0.1) is 45.6 Å². The number of aromatic nitrogens is 15. The van der Waals surface area contributed by atoms with Crippen molar-refractivity contribution in [2.75, 3.05) is 191 Å². The number of nitrogens with two attached hydrogens (primary N) is 2. The smallest absolute Gasteiger partial charge is 0.240 e. The molecule has 0 unspecified atom stereocenters. The number of carbonyl (C=O) groups is 2. The van der Waals surface area contributed by atoms with Crippen LogP contribution in [0.4, 0.5) is 58.3 Å². The highest BCUT2D eigenvalue weighted by atomic mass is 35.5. The molecular formula is C94H107Cl3N28O11S3. The summed E-state index contributed by atoms with van der Waals surface area (Å²) in [6.07, 6.45) is 19.7. The Bertz CT molecular complexity index is 6580. The summed E-state index contributed by atoms with van der Waals surface area (Å²) in [6.45, 7) is 15.0. The number of piperazine rings is 3. The van der Waals surface area contributed by atoms with Gasteiger partial charge in [0.1, 0.15) is 91.9 Å². The summed E-state index contributed by atoms with van der Waals surface area (Å²) in [6, 6.07) is 34.9. The number of amides is 2. The minimum atomic E-state index is -0.440. The molecular weight excluding hydrogens is 1900 g/mol. The Hall–Kier alpha value is -13.7. The second-order valence-corrected chi connectivity index (χ2v) is 36.4. The van der Waals surface area contributed by atoms with Gasteiger partial charge in [0, 0.05) is 168 Å². The van der Waals surface area contributed by atoms with Crippen LogP contribution in [0.15, 0.2) is 165 Å². The van der Waals surface area contributed by atoms with Crippen molar-refractivity contribution in [2.45, 2.75) is 56.7 Å². The molecule has 17 heterocycles. The Morgan fingerprint density at radius 1 is 0.417 bits per heavy atom. The van der Waals surface area contributed by atoms with Crippen molar-refractivity contribution in [3.05, 3.63) is 191 Å². The van der Waals surface area contributed by atoms with Gasteiger partial charge in [0.25, 0.3) is 0 Å². The standard InChI is InChI=1S/C33H38N10O4S.C28H29ClN8O3S.C19H17Cl2N5O3S.C9H13N3.C5H10N2O/c1-45-25-15-21(16-26(46-2)29(25)47-3)42-19-27(36-20-42)37-31-23-17-22(18-40-11-13-41(14-12-40)28-8-4-5-9-35-28)48-32(23)39-33(38-31)43-10-6-7-24(43)30(34)44;1-38-21-12-18(13-22(39-2)25(21)40-3)37-16-23(31-17-37)32-26-20-14-19(41-27(20)34-28(29)33-26)15-35-8-10-36(11-9-35)24-6-4-5-7-30-24;1-27-13-4-10(5-14(28-2)16(13)29-3)26-8-15(22-9-26)23-17-12-6-11(7-20)30-18(12)25-19(21)24-17;1-2-4-11-9(3-1)12-7-5-10-6-8-12;6-5(8)4-2-1-3-7-4/h4-5,8-9,15-17,19-20,24H,6-7,10-14,18H2,1-3H3,(H2,34,44)(H,37,38,39);4-7,12-14,16-17H,8-11,15H2,1-3H3,(H,32,33,34);4-6,8-9H,7H2,1-3H3,(H,23,24,25);1-4,10H,5-8H2;4,7H,1-3H2,(H2,6,8)/t24-;;;;4-/m0...0/s1. The van der Waals surface area contributed by atoms with Gasteiger partial charge in [-0.05, 0) is 110 Å². The quantitative estimate of drug-likeness (QED) is 0.0169. The summed E-state index contributed by atoms with van der Waals surface area (Å²) in [5.74, 6) is 11.8. The summed E-state index contributed by atoms with van der Waals surface area (Å²) < 4.78 is 54.8. The number of nitrogens with zero attached hydrogens (tertiary/aromatic N) is 21. The van der Waals surface area contributed by atoms with Crippen LogP contribution in [0, 0.1) is 0 Å². The fraction of sp³-hybridized carbons (Fsp3) is 0.340. The number of rotatable bonds is 29. The van der Waals surface area contributed by atoms with E-state index in [0.717, 1.165) is 187 Å². The molecule has 9 N–H and O–H groups in total. The number of ether oxygens (including phenoxy) is 9. The van der Waals surface area contributed by atoms with Gasteiger partial charge in [-0.1, -0.05) is 18.2 Å². The maximum atomic E-state index is 12.3. The number of methoxy groups -OCH3 is 9. The molecule has 0 spiro atoms. The summed E-state index contributed by atoms with van der Waals surface area (Å²) in [7, 11) is 14.2. The molecule has 45 heteroatoms. The second kappa shape index (κ2) is 46.6. The molecule has 0 bridgehead atoms. The van der Waals surface area contributed by atoms with Gasteiger partial charge in [-0.25, -0.2) is 44.9 Å². The van der Waals surface area contributed by atoms with Crippen LogP contribution in [0.1, 0.15) is 40.3 Å². The van der Waals surface area contributed by atoms with Crippen molar-refractivity contribution in [1.82, 2.24) is 93.9 Å². The van der Waals surface area contributed by atoms with Crippen molar-refractivity contribution in [3.8, 4) is 68.8 Å². The normalized spacial score (nSPS) is 15.4. The zero-order valence-corrected chi connectivity index (χ0v) is 82.7. The third kappa shape index (κ3) is 24.0. The largest absolute Gasteiger partial charge is 0.493 e. The van der Waals surface area contributed by atoms with E-state index in [2.05, 4.69) is 131 Å². The van der Waals surface area contributed by atoms with Crippen LogP contribution >= 0.6 is 68.8 Å². The monoisotopic (exact) mass is 2000 g/mol. The molecule has 15 aromatic rings. The maximum Gasteiger partial charge on any atom is 0.240 e. The minimum absolute atomic E-state index is 0.0463. The van der Waals surface area contributed by atoms with E-state index in [0.29, 0.717) is 111 Å². The molecule has 20 rings (SSSR count). The average Bonchev–Trinajstić information content (AvgIpc) is 1.55. The molecule has 5 saturated heterocycles. The summed E-state index contributed by atoms with van der Waals surface area (Å²) >= 11 is 23.1. The summed E-state index contributed by atoms with van der Waals surface area (Å²) in [4.78, 5) is 96.5. The van der Waals surface area contributed by atoms with Gasteiger partial charge >= 0.3 is 0 Å². The number of carbonyl (C=O) groups excluding carboxylic acids is 2. The lowest BCUT2D eigenvalue weighted by atomic mass is 10.2. The molecule has 3 aromatic carbocycles. The fourth-order valence-corrected chi connectivity index (χ4v) is 20.2. The van der Waals surface area contributed by atoms with Gasteiger partial charge in [0.15, 0.2) is 34.5 Å². The van der Waals surface area contributed by atoms with Crippen LogP contribution < -0.4 is 100 Å². The molecule has 2 atom stereocenters. The third-order valence-corrected chi connectivity index (χ3v) is 27.3. The van der Waals surface area contributed by atoms with Crippen molar-refractivity contribution in [2.24, 2.45) is 11.5 Å². The fourth-order valence-electron chi connectivity index (χ4n) is 16.5. The lowest BCUT2D eigenvalue weighted by Crippen LogP contribution is -2.46. The van der Waals surface area contributed by atoms with Crippen LogP contribution in [0.2, 0.25) is 10.6 Å². The van der Waals surface area contributed by atoms with Gasteiger partial charge in [0.05, 0.1) is 128 Å². The Balaban J connectivity index is 0.000000139. The van der Waals surface area contributed by atoms with Crippen LogP contribution in [-0.2, 0) is 28.6 Å². The zero-order chi connectivity index (χ0) is 97.0. The number of nitrogens with one attached hydrogen (secondary N) is 5. The molecule has 5 aliphatic heterocycles. The van der Waals surface area contributed by atoms with Crippen molar-refractivity contribution < 1.29 is 52.2 Å². The number of pyridine rings is 3. The number of primary amides is 2. The van der Waals surface area contributed by atoms with Crippen LogP contribution in [0.5, 0.6) is 51.7 Å². The Labute approximate surface area is 829 Å². The van der Waals surface area contributed by atoms with E-state index in [1.54, 1.807) is 106 Å². The number of benzene rings is 3. The molecule has 728 valence electrons. The number of thiophene rings is 3. The van der Waals surface area contributed by atoms with E-state index >= 15 is 0 Å². The number of fused-ring (bicyclic) bond motifs is 3. The Morgan fingerprint density at radius 3 is 1.13 bits per heavy atom. The first-order valence-electron chi connectivity index (χ1n) is 44.7. The lowest BCUT2D eigenvalue weighted by molar-refractivity contribution is -0.120. The average molecular weight is 2010 g/mol. The van der Waals surface area contributed by atoms with E-state index in [9.17, 15) is 9.59 Å². The third-order valence-electron chi connectivity index (χ3n) is 23.5. The van der Waals surface area contributed by atoms with Gasteiger partial charge in [0.2, 0.25) is 45.6 Å². The first-order valence-corrected chi connectivity index (χ1v) is 48.4. The van der Waals surface area contributed by atoms with Gasteiger partial charge in [-0.3, -0.25) is 19.4 Å².